The quantitative estimate of drug-likeness (QED) is 0.804. The van der Waals surface area contributed by atoms with Crippen LogP contribution in [0, 0.1) is 0 Å². The van der Waals surface area contributed by atoms with E-state index in [1.165, 1.54) is 11.1 Å². The zero-order chi connectivity index (χ0) is 13.5. The molecule has 0 spiro atoms. The van der Waals surface area contributed by atoms with Crippen LogP contribution in [0.15, 0.2) is 18.2 Å². The number of benzene rings is 1. The first-order chi connectivity index (χ1) is 8.58. The molecule has 3 heteroatoms. The summed E-state index contributed by atoms with van der Waals surface area (Å²) in [5.74, 6) is 1.48. The molecule has 0 saturated heterocycles. The maximum atomic E-state index is 5.41. The van der Waals surface area contributed by atoms with Crippen molar-refractivity contribution >= 4 is 0 Å². The number of methoxy groups -OCH3 is 1. The summed E-state index contributed by atoms with van der Waals surface area (Å²) < 4.78 is 5.41. The van der Waals surface area contributed by atoms with Gasteiger partial charge in [-0.25, -0.2) is 0 Å². The summed E-state index contributed by atoms with van der Waals surface area (Å²) in [4.78, 5) is 2.32. The minimum Gasteiger partial charge on any atom is -0.496 e. The van der Waals surface area contributed by atoms with Crippen LogP contribution in [0.25, 0.3) is 0 Å². The molecule has 1 aromatic rings. The molecule has 1 N–H and O–H groups in total. The van der Waals surface area contributed by atoms with Crippen molar-refractivity contribution in [3.8, 4) is 5.75 Å². The fourth-order valence-electron chi connectivity index (χ4n) is 2.03. The number of ether oxygens (including phenoxy) is 1. The second-order valence-electron chi connectivity index (χ2n) is 5.07. The van der Waals surface area contributed by atoms with Crippen molar-refractivity contribution in [1.29, 1.82) is 0 Å². The Morgan fingerprint density at radius 1 is 1.33 bits per heavy atom. The molecule has 0 aromatic heterocycles. The lowest BCUT2D eigenvalue weighted by molar-refractivity contribution is 0.327. The monoisotopic (exact) mass is 250 g/mol. The molecule has 0 saturated carbocycles. The molecule has 1 aromatic carbocycles. The lowest BCUT2D eigenvalue weighted by Gasteiger charge is -2.18. The number of likely N-dealkylation sites (N-methyl/N-ethyl adjacent to an activating group) is 2. The Hall–Kier alpha value is -1.06. The van der Waals surface area contributed by atoms with E-state index in [1.54, 1.807) is 7.11 Å². The summed E-state index contributed by atoms with van der Waals surface area (Å²) in [5, 5.41) is 3.17. The first kappa shape index (κ1) is 15.0. The zero-order valence-corrected chi connectivity index (χ0v) is 12.3. The van der Waals surface area contributed by atoms with Crippen molar-refractivity contribution in [1.82, 2.24) is 10.2 Å². The van der Waals surface area contributed by atoms with E-state index in [1.807, 2.05) is 7.05 Å². The Bertz CT molecular complexity index is 364. The third-order valence-electron chi connectivity index (χ3n) is 3.11. The van der Waals surface area contributed by atoms with E-state index >= 15 is 0 Å². The van der Waals surface area contributed by atoms with Crippen molar-refractivity contribution in [2.24, 2.45) is 0 Å². The molecule has 1 rings (SSSR count). The fourth-order valence-corrected chi connectivity index (χ4v) is 2.03. The molecular weight excluding hydrogens is 224 g/mol. The molecule has 102 valence electrons. The smallest absolute Gasteiger partial charge is 0.122 e. The van der Waals surface area contributed by atoms with E-state index in [2.05, 4.69) is 49.3 Å². The van der Waals surface area contributed by atoms with Crippen molar-refractivity contribution in [3.63, 3.8) is 0 Å². The predicted molar refractivity (Wildman–Crippen MR) is 77.3 cm³/mol. The third-order valence-corrected chi connectivity index (χ3v) is 3.11. The van der Waals surface area contributed by atoms with Gasteiger partial charge in [0.1, 0.15) is 5.75 Å². The molecule has 0 atom stereocenters. The van der Waals surface area contributed by atoms with Gasteiger partial charge < -0.3 is 15.0 Å². The van der Waals surface area contributed by atoms with Crippen LogP contribution >= 0.6 is 0 Å². The zero-order valence-electron chi connectivity index (χ0n) is 12.3. The normalized spacial score (nSPS) is 11.3. The highest BCUT2D eigenvalue weighted by molar-refractivity contribution is 5.39. The van der Waals surface area contributed by atoms with Gasteiger partial charge in [-0.15, -0.1) is 0 Å². The molecule has 0 amide bonds. The molecular formula is C15H26N2O. The minimum atomic E-state index is 0.488. The number of hydrogen-bond donors (Lipinski definition) is 1. The van der Waals surface area contributed by atoms with Gasteiger partial charge in [0.2, 0.25) is 0 Å². The summed E-state index contributed by atoms with van der Waals surface area (Å²) >= 11 is 0. The average Bonchev–Trinajstić information content (AvgIpc) is 2.36. The fraction of sp³-hybridized carbons (Fsp3) is 0.600. The second kappa shape index (κ2) is 7.39. The van der Waals surface area contributed by atoms with Gasteiger partial charge in [-0.3, -0.25) is 0 Å². The van der Waals surface area contributed by atoms with E-state index in [4.69, 9.17) is 4.74 Å². The van der Waals surface area contributed by atoms with Crippen molar-refractivity contribution in [3.05, 3.63) is 29.3 Å². The molecule has 0 aliphatic carbocycles. The first-order valence-corrected chi connectivity index (χ1v) is 6.58. The van der Waals surface area contributed by atoms with Crippen LogP contribution in [-0.2, 0) is 6.54 Å². The van der Waals surface area contributed by atoms with Gasteiger partial charge in [0.05, 0.1) is 7.11 Å². The van der Waals surface area contributed by atoms with E-state index in [9.17, 15) is 0 Å². The highest BCUT2D eigenvalue weighted by Gasteiger charge is 2.09. The standard InChI is InChI=1S/C15H26N2O/c1-12(2)14-10-13(6-7-15(14)18-5)11-17(4)9-8-16-3/h6-7,10,12,16H,8-9,11H2,1-5H3. The maximum Gasteiger partial charge on any atom is 0.122 e. The molecule has 0 radical (unpaired) electrons. The minimum absolute atomic E-state index is 0.488. The van der Waals surface area contributed by atoms with E-state index in [0.717, 1.165) is 25.4 Å². The lowest BCUT2D eigenvalue weighted by Crippen LogP contribution is -2.26. The third kappa shape index (κ3) is 4.31. The van der Waals surface area contributed by atoms with Crippen molar-refractivity contribution < 1.29 is 4.74 Å². The van der Waals surface area contributed by atoms with Gasteiger partial charge in [0, 0.05) is 19.6 Å². The summed E-state index contributed by atoms with van der Waals surface area (Å²) in [6.45, 7) is 7.45. The first-order valence-electron chi connectivity index (χ1n) is 6.58. The highest BCUT2D eigenvalue weighted by atomic mass is 16.5. The van der Waals surface area contributed by atoms with Gasteiger partial charge in [-0.05, 0) is 37.2 Å². The SMILES string of the molecule is CNCCN(C)Cc1ccc(OC)c(C(C)C)c1. The number of hydrogen-bond acceptors (Lipinski definition) is 3. The van der Waals surface area contributed by atoms with E-state index in [0.29, 0.717) is 5.92 Å². The van der Waals surface area contributed by atoms with E-state index in [-0.39, 0.29) is 0 Å². The summed E-state index contributed by atoms with van der Waals surface area (Å²) in [6, 6.07) is 6.50. The lowest BCUT2D eigenvalue weighted by atomic mass is 9.99. The molecule has 0 unspecified atom stereocenters. The van der Waals surface area contributed by atoms with Crippen LogP contribution in [0.2, 0.25) is 0 Å². The van der Waals surface area contributed by atoms with Crippen LogP contribution in [0.5, 0.6) is 5.75 Å². The number of nitrogens with zero attached hydrogens (tertiary/aromatic N) is 1. The van der Waals surface area contributed by atoms with Crippen LogP contribution in [-0.4, -0.2) is 39.2 Å². The molecule has 0 fully saturated rings. The summed E-state index contributed by atoms with van der Waals surface area (Å²) in [6.07, 6.45) is 0. The van der Waals surface area contributed by atoms with Crippen LogP contribution < -0.4 is 10.1 Å². The maximum absolute atomic E-state index is 5.41. The number of nitrogens with one attached hydrogen (secondary N) is 1. The number of rotatable bonds is 7. The Morgan fingerprint density at radius 3 is 2.61 bits per heavy atom. The summed E-state index contributed by atoms with van der Waals surface area (Å²) in [5.41, 5.74) is 2.63. The topological polar surface area (TPSA) is 24.5 Å². The largest absolute Gasteiger partial charge is 0.496 e. The Labute approximate surface area is 111 Å². The summed E-state index contributed by atoms with van der Waals surface area (Å²) in [7, 11) is 5.87. The predicted octanol–water partition coefficient (Wildman–Crippen LogP) is 2.47. The van der Waals surface area contributed by atoms with Gasteiger partial charge in [0.15, 0.2) is 0 Å². The molecule has 0 aliphatic rings. The van der Waals surface area contributed by atoms with Gasteiger partial charge >= 0.3 is 0 Å². The Kier molecular flexibility index (Phi) is 6.16. The molecule has 0 aliphatic heterocycles. The Morgan fingerprint density at radius 2 is 2.06 bits per heavy atom. The highest BCUT2D eigenvalue weighted by Crippen LogP contribution is 2.27. The van der Waals surface area contributed by atoms with Crippen LogP contribution in [0.3, 0.4) is 0 Å². The van der Waals surface area contributed by atoms with Gasteiger partial charge in [-0.1, -0.05) is 26.0 Å². The van der Waals surface area contributed by atoms with Gasteiger partial charge in [0.25, 0.3) is 0 Å². The van der Waals surface area contributed by atoms with Crippen LogP contribution in [0.1, 0.15) is 30.9 Å². The molecule has 0 heterocycles. The second-order valence-corrected chi connectivity index (χ2v) is 5.07. The molecule has 3 nitrogen and oxygen atoms in total. The van der Waals surface area contributed by atoms with Crippen molar-refractivity contribution in [2.45, 2.75) is 26.3 Å². The van der Waals surface area contributed by atoms with Crippen molar-refractivity contribution in [2.75, 3.05) is 34.3 Å². The van der Waals surface area contributed by atoms with E-state index < -0.39 is 0 Å². The van der Waals surface area contributed by atoms with Crippen LogP contribution in [0.4, 0.5) is 0 Å². The molecule has 0 bridgehead atoms. The van der Waals surface area contributed by atoms with Gasteiger partial charge in [-0.2, -0.15) is 0 Å². The average molecular weight is 250 g/mol. The molecule has 18 heavy (non-hydrogen) atoms. The Balaban J connectivity index is 2.75.